The second kappa shape index (κ2) is 7.24. The van der Waals surface area contributed by atoms with E-state index >= 15 is 0 Å². The Hall–Kier alpha value is -1.85. The van der Waals surface area contributed by atoms with Crippen LogP contribution in [0.15, 0.2) is 42.5 Å². The maximum atomic E-state index is 12.3. The molecule has 0 bridgehead atoms. The number of phenolic OH excluding ortho intramolecular Hbond substituents is 1. The first kappa shape index (κ1) is 15.5. The molecule has 2 aromatic carbocycles. The molecule has 6 heteroatoms. The molecule has 0 heterocycles. The second-order valence-electron chi connectivity index (χ2n) is 4.34. The van der Waals surface area contributed by atoms with E-state index in [1.165, 1.54) is 6.07 Å². The summed E-state index contributed by atoms with van der Waals surface area (Å²) in [6.07, 6.45) is 0. The number of phenols is 1. The fourth-order valence-corrected chi connectivity index (χ4v) is 2.09. The summed E-state index contributed by atoms with van der Waals surface area (Å²) >= 11 is 5.81. The zero-order chi connectivity index (χ0) is 15.2. The van der Waals surface area contributed by atoms with Crippen LogP contribution < -0.4 is 10.1 Å². The Bertz CT molecular complexity index is 608. The molecule has 0 atom stereocenters. The Labute approximate surface area is 126 Å². The average Bonchev–Trinajstić information content (AvgIpc) is 2.45. The molecule has 0 aliphatic rings. The summed E-state index contributed by atoms with van der Waals surface area (Å²) in [5, 5.41) is 13.1. The molecule has 0 radical (unpaired) electrons. The van der Waals surface area contributed by atoms with Crippen LogP contribution in [0.5, 0.6) is 11.5 Å². The van der Waals surface area contributed by atoms with Crippen molar-refractivity contribution in [3.8, 4) is 11.5 Å². The van der Waals surface area contributed by atoms with E-state index in [4.69, 9.17) is 11.6 Å². The van der Waals surface area contributed by atoms with Crippen LogP contribution in [0.4, 0.5) is 8.78 Å². The topological polar surface area (TPSA) is 41.5 Å². The first-order valence-electron chi connectivity index (χ1n) is 6.27. The number of alkyl halides is 2. The van der Waals surface area contributed by atoms with E-state index in [0.717, 1.165) is 0 Å². The van der Waals surface area contributed by atoms with Crippen LogP contribution in [0.2, 0.25) is 5.02 Å². The first-order valence-corrected chi connectivity index (χ1v) is 6.65. The zero-order valence-electron chi connectivity index (χ0n) is 11.0. The highest BCUT2D eigenvalue weighted by atomic mass is 35.5. The molecule has 0 spiro atoms. The molecule has 0 aliphatic carbocycles. The predicted molar refractivity (Wildman–Crippen MR) is 76.7 cm³/mol. The van der Waals surface area contributed by atoms with Crippen LogP contribution in [-0.4, -0.2) is 11.7 Å². The van der Waals surface area contributed by atoms with E-state index in [1.54, 1.807) is 36.4 Å². The fourth-order valence-electron chi connectivity index (χ4n) is 1.90. The molecule has 2 N–H and O–H groups in total. The Kier molecular flexibility index (Phi) is 5.36. The molecular weight excluding hydrogens is 300 g/mol. The molecule has 0 aliphatic heterocycles. The van der Waals surface area contributed by atoms with Crippen LogP contribution in [0.3, 0.4) is 0 Å². The lowest BCUT2D eigenvalue weighted by Gasteiger charge is -2.12. The minimum absolute atomic E-state index is 0.0174. The molecular formula is C15H14ClF2NO2. The van der Waals surface area contributed by atoms with E-state index in [9.17, 15) is 13.9 Å². The Balaban J connectivity index is 1.99. The van der Waals surface area contributed by atoms with Crippen molar-refractivity contribution in [1.29, 1.82) is 0 Å². The Morgan fingerprint density at radius 1 is 1.05 bits per heavy atom. The van der Waals surface area contributed by atoms with Crippen LogP contribution in [0.1, 0.15) is 11.1 Å². The maximum Gasteiger partial charge on any atom is 0.387 e. The van der Waals surface area contributed by atoms with Crippen molar-refractivity contribution in [3.05, 3.63) is 58.6 Å². The van der Waals surface area contributed by atoms with Crippen molar-refractivity contribution in [3.63, 3.8) is 0 Å². The monoisotopic (exact) mass is 313 g/mol. The second-order valence-corrected chi connectivity index (χ2v) is 4.74. The normalized spacial score (nSPS) is 10.9. The standard InChI is InChI=1S/C15H14ClF2NO2/c16-12-6-3-5-11(14(12)20)9-19-8-10-4-1-2-7-13(10)21-15(17)18/h1-7,15,19-20H,8-9H2. The quantitative estimate of drug-likeness (QED) is 0.849. The summed E-state index contributed by atoms with van der Waals surface area (Å²) in [5.74, 6) is 0.152. The fraction of sp³-hybridized carbons (Fsp3) is 0.200. The number of halogens is 3. The van der Waals surface area contributed by atoms with Crippen LogP contribution in [0, 0.1) is 0 Å². The molecule has 2 aromatic rings. The van der Waals surface area contributed by atoms with Gasteiger partial charge in [0.05, 0.1) is 5.02 Å². The number of hydrogen-bond acceptors (Lipinski definition) is 3. The third kappa shape index (κ3) is 4.31. The summed E-state index contributed by atoms with van der Waals surface area (Å²) in [7, 11) is 0. The minimum Gasteiger partial charge on any atom is -0.506 e. The molecule has 0 unspecified atom stereocenters. The SMILES string of the molecule is Oc1c(Cl)cccc1CNCc1ccccc1OC(F)F. The van der Waals surface area contributed by atoms with Crippen molar-refractivity contribution < 1.29 is 18.6 Å². The van der Waals surface area contributed by atoms with E-state index < -0.39 is 6.61 Å². The Morgan fingerprint density at radius 2 is 1.71 bits per heavy atom. The maximum absolute atomic E-state index is 12.3. The van der Waals surface area contributed by atoms with Gasteiger partial charge < -0.3 is 15.2 Å². The molecule has 0 saturated carbocycles. The van der Waals surface area contributed by atoms with Gasteiger partial charge in [-0.2, -0.15) is 8.78 Å². The van der Waals surface area contributed by atoms with Gasteiger partial charge in [0.1, 0.15) is 11.5 Å². The number of ether oxygens (including phenoxy) is 1. The van der Waals surface area contributed by atoms with E-state index in [0.29, 0.717) is 24.2 Å². The Morgan fingerprint density at radius 3 is 2.48 bits per heavy atom. The number of para-hydroxylation sites is 2. The highest BCUT2D eigenvalue weighted by Gasteiger charge is 2.09. The molecule has 3 nitrogen and oxygen atoms in total. The number of rotatable bonds is 6. The first-order chi connectivity index (χ1) is 10.1. The molecule has 0 amide bonds. The third-order valence-electron chi connectivity index (χ3n) is 2.89. The van der Waals surface area contributed by atoms with Crippen molar-refractivity contribution in [2.45, 2.75) is 19.7 Å². The summed E-state index contributed by atoms with van der Waals surface area (Å²) in [6.45, 7) is -2.17. The lowest BCUT2D eigenvalue weighted by Crippen LogP contribution is -2.14. The van der Waals surface area contributed by atoms with Crippen LogP contribution >= 0.6 is 11.6 Å². The van der Waals surface area contributed by atoms with Crippen molar-refractivity contribution in [1.82, 2.24) is 5.32 Å². The molecule has 112 valence electrons. The van der Waals surface area contributed by atoms with Gasteiger partial charge in [-0.05, 0) is 12.1 Å². The van der Waals surface area contributed by atoms with E-state index in [2.05, 4.69) is 10.1 Å². The predicted octanol–water partition coefficient (Wildman–Crippen LogP) is 3.94. The van der Waals surface area contributed by atoms with Gasteiger partial charge >= 0.3 is 6.61 Å². The summed E-state index contributed by atoms with van der Waals surface area (Å²) in [6, 6.07) is 11.6. The van der Waals surface area contributed by atoms with Crippen molar-refractivity contribution >= 4 is 11.6 Å². The smallest absolute Gasteiger partial charge is 0.387 e. The highest BCUT2D eigenvalue weighted by molar-refractivity contribution is 6.32. The number of aromatic hydroxyl groups is 1. The lowest BCUT2D eigenvalue weighted by molar-refractivity contribution is -0.0505. The highest BCUT2D eigenvalue weighted by Crippen LogP contribution is 2.27. The summed E-state index contributed by atoms with van der Waals surface area (Å²) in [4.78, 5) is 0. The lowest BCUT2D eigenvalue weighted by atomic mass is 10.1. The van der Waals surface area contributed by atoms with Gasteiger partial charge in [-0.1, -0.05) is 41.9 Å². The number of nitrogens with one attached hydrogen (secondary N) is 1. The van der Waals surface area contributed by atoms with Gasteiger partial charge in [0.25, 0.3) is 0 Å². The largest absolute Gasteiger partial charge is 0.506 e. The molecule has 2 rings (SSSR count). The number of benzene rings is 2. The summed E-state index contributed by atoms with van der Waals surface area (Å²) < 4.78 is 29.0. The van der Waals surface area contributed by atoms with Gasteiger partial charge in [-0.3, -0.25) is 0 Å². The van der Waals surface area contributed by atoms with Crippen molar-refractivity contribution in [2.75, 3.05) is 0 Å². The van der Waals surface area contributed by atoms with Crippen molar-refractivity contribution in [2.24, 2.45) is 0 Å². The van der Waals surface area contributed by atoms with Gasteiger partial charge in [0.2, 0.25) is 0 Å². The molecule has 21 heavy (non-hydrogen) atoms. The minimum atomic E-state index is -2.86. The van der Waals surface area contributed by atoms with E-state index in [-0.39, 0.29) is 16.5 Å². The average molecular weight is 314 g/mol. The van der Waals surface area contributed by atoms with Gasteiger partial charge in [-0.25, -0.2) is 0 Å². The van der Waals surface area contributed by atoms with Gasteiger partial charge in [0, 0.05) is 24.2 Å². The van der Waals surface area contributed by atoms with E-state index in [1.807, 2.05) is 0 Å². The number of hydrogen-bond donors (Lipinski definition) is 2. The third-order valence-corrected chi connectivity index (χ3v) is 3.19. The van der Waals surface area contributed by atoms with Gasteiger partial charge in [-0.15, -0.1) is 0 Å². The zero-order valence-corrected chi connectivity index (χ0v) is 11.8. The molecule has 0 fully saturated rings. The van der Waals surface area contributed by atoms with Crippen LogP contribution in [0.25, 0.3) is 0 Å². The summed E-state index contributed by atoms with van der Waals surface area (Å²) in [5.41, 5.74) is 1.24. The molecule has 0 saturated heterocycles. The molecule has 0 aromatic heterocycles. The van der Waals surface area contributed by atoms with Gasteiger partial charge in [0.15, 0.2) is 0 Å². The van der Waals surface area contributed by atoms with Crippen LogP contribution in [-0.2, 0) is 13.1 Å².